The number of aromatic nitrogens is 3. The van der Waals surface area contributed by atoms with Crippen LogP contribution in [-0.2, 0) is 4.79 Å². The van der Waals surface area contributed by atoms with Gasteiger partial charge in [0.05, 0.1) is 6.20 Å². The van der Waals surface area contributed by atoms with Gasteiger partial charge in [-0.15, -0.1) is 0 Å². The number of piperidine rings is 1. The zero-order valence-corrected chi connectivity index (χ0v) is 10.0. The highest BCUT2D eigenvalue weighted by Gasteiger charge is 2.25. The summed E-state index contributed by atoms with van der Waals surface area (Å²) < 4.78 is 0. The van der Waals surface area contributed by atoms with Crippen LogP contribution in [0, 0.1) is 5.92 Å². The molecule has 1 aliphatic heterocycles. The Labute approximate surface area is 104 Å². The van der Waals surface area contributed by atoms with Gasteiger partial charge < -0.3 is 10.0 Å². The van der Waals surface area contributed by atoms with E-state index < -0.39 is 5.97 Å². The molecule has 1 atom stereocenters. The van der Waals surface area contributed by atoms with E-state index in [-0.39, 0.29) is 18.2 Å². The fraction of sp³-hybridized carbons (Fsp3) is 0.636. The second-order valence-electron chi connectivity index (χ2n) is 4.55. The molecule has 0 radical (unpaired) electrons. The highest BCUT2D eigenvalue weighted by atomic mass is 16.4. The third-order valence-electron chi connectivity index (χ3n) is 3.21. The summed E-state index contributed by atoms with van der Waals surface area (Å²) in [5.41, 5.74) is 0.314. The minimum absolute atomic E-state index is 0.135. The van der Waals surface area contributed by atoms with E-state index in [4.69, 9.17) is 5.11 Å². The van der Waals surface area contributed by atoms with Crippen molar-refractivity contribution in [2.75, 3.05) is 13.1 Å². The van der Waals surface area contributed by atoms with E-state index in [1.165, 1.54) is 6.20 Å². The standard InChI is InChI=1S/C11H16N4O3/c16-10(17)4-3-8-2-1-5-15(7-8)11(18)9-6-12-14-13-9/h6,8H,1-5,7H2,(H,16,17)(H,12,13,14). The van der Waals surface area contributed by atoms with Crippen molar-refractivity contribution in [3.63, 3.8) is 0 Å². The summed E-state index contributed by atoms with van der Waals surface area (Å²) in [4.78, 5) is 24.3. The highest BCUT2D eigenvalue weighted by Crippen LogP contribution is 2.21. The second-order valence-corrected chi connectivity index (χ2v) is 4.55. The largest absolute Gasteiger partial charge is 0.481 e. The van der Waals surface area contributed by atoms with Gasteiger partial charge in [-0.1, -0.05) is 0 Å². The van der Waals surface area contributed by atoms with E-state index in [0.717, 1.165) is 12.8 Å². The Morgan fingerprint density at radius 3 is 3.06 bits per heavy atom. The molecular formula is C11H16N4O3. The van der Waals surface area contributed by atoms with Crippen LogP contribution in [0.4, 0.5) is 0 Å². The first-order valence-electron chi connectivity index (χ1n) is 6.03. The molecule has 0 aliphatic carbocycles. The molecule has 1 aliphatic rings. The molecular weight excluding hydrogens is 236 g/mol. The molecule has 7 nitrogen and oxygen atoms in total. The van der Waals surface area contributed by atoms with Gasteiger partial charge in [0.15, 0.2) is 5.69 Å². The first kappa shape index (κ1) is 12.5. The number of H-pyrrole nitrogens is 1. The molecule has 2 N–H and O–H groups in total. The summed E-state index contributed by atoms with van der Waals surface area (Å²) in [7, 11) is 0. The van der Waals surface area contributed by atoms with E-state index in [2.05, 4.69) is 15.4 Å². The summed E-state index contributed by atoms with van der Waals surface area (Å²) in [6, 6.07) is 0. The lowest BCUT2D eigenvalue weighted by atomic mass is 9.93. The Kier molecular flexibility index (Phi) is 3.91. The third kappa shape index (κ3) is 3.06. The number of aromatic amines is 1. The van der Waals surface area contributed by atoms with Crippen LogP contribution in [0.1, 0.15) is 36.2 Å². The maximum Gasteiger partial charge on any atom is 0.303 e. The van der Waals surface area contributed by atoms with Gasteiger partial charge in [-0.05, 0) is 25.2 Å². The molecule has 7 heteroatoms. The Bertz CT molecular complexity index is 418. The minimum Gasteiger partial charge on any atom is -0.481 e. The van der Waals surface area contributed by atoms with Crippen LogP contribution in [-0.4, -0.2) is 50.4 Å². The van der Waals surface area contributed by atoms with Gasteiger partial charge in [-0.2, -0.15) is 15.4 Å². The quantitative estimate of drug-likeness (QED) is 0.814. The summed E-state index contributed by atoms with van der Waals surface area (Å²) >= 11 is 0. The lowest BCUT2D eigenvalue weighted by Crippen LogP contribution is -2.40. The average molecular weight is 252 g/mol. The summed E-state index contributed by atoms with van der Waals surface area (Å²) in [6.45, 7) is 1.31. The SMILES string of the molecule is O=C(O)CCC1CCCN(C(=O)c2cn[nH]n2)C1. The van der Waals surface area contributed by atoms with Crippen LogP contribution in [0.15, 0.2) is 6.20 Å². The van der Waals surface area contributed by atoms with Gasteiger partial charge in [-0.25, -0.2) is 0 Å². The van der Waals surface area contributed by atoms with E-state index in [1.807, 2.05) is 0 Å². The average Bonchev–Trinajstić information content (AvgIpc) is 2.89. The molecule has 1 saturated heterocycles. The molecule has 0 spiro atoms. The van der Waals surface area contributed by atoms with E-state index in [0.29, 0.717) is 25.2 Å². The Morgan fingerprint density at radius 2 is 2.39 bits per heavy atom. The zero-order chi connectivity index (χ0) is 13.0. The van der Waals surface area contributed by atoms with Gasteiger partial charge in [-0.3, -0.25) is 9.59 Å². The van der Waals surface area contributed by atoms with Gasteiger partial charge in [0.1, 0.15) is 0 Å². The number of nitrogens with zero attached hydrogens (tertiary/aromatic N) is 3. The van der Waals surface area contributed by atoms with Crippen molar-refractivity contribution in [1.82, 2.24) is 20.3 Å². The first-order valence-corrected chi connectivity index (χ1v) is 6.03. The summed E-state index contributed by atoms with van der Waals surface area (Å²) in [6.07, 6.45) is 4.08. The number of hydrogen-bond donors (Lipinski definition) is 2. The van der Waals surface area contributed by atoms with Crippen molar-refractivity contribution >= 4 is 11.9 Å². The van der Waals surface area contributed by atoms with Gasteiger partial charge in [0.2, 0.25) is 0 Å². The predicted molar refractivity (Wildman–Crippen MR) is 61.9 cm³/mol. The number of likely N-dealkylation sites (tertiary alicyclic amines) is 1. The zero-order valence-electron chi connectivity index (χ0n) is 10.0. The molecule has 1 aromatic heterocycles. The van der Waals surface area contributed by atoms with Crippen LogP contribution < -0.4 is 0 Å². The molecule has 98 valence electrons. The topological polar surface area (TPSA) is 99.2 Å². The summed E-state index contributed by atoms with van der Waals surface area (Å²) in [5, 5.41) is 18.5. The van der Waals surface area contributed by atoms with Crippen molar-refractivity contribution in [2.24, 2.45) is 5.92 Å². The van der Waals surface area contributed by atoms with E-state index >= 15 is 0 Å². The number of hydrogen-bond acceptors (Lipinski definition) is 4. The predicted octanol–water partition coefficient (Wildman–Crippen LogP) is 0.522. The first-order chi connectivity index (χ1) is 8.66. The van der Waals surface area contributed by atoms with E-state index in [9.17, 15) is 9.59 Å². The normalized spacial score (nSPS) is 19.8. The maximum atomic E-state index is 12.0. The Morgan fingerprint density at radius 1 is 1.56 bits per heavy atom. The number of carbonyl (C=O) groups excluding carboxylic acids is 1. The molecule has 1 unspecified atom stereocenters. The van der Waals surface area contributed by atoms with Crippen molar-refractivity contribution in [3.05, 3.63) is 11.9 Å². The van der Waals surface area contributed by atoms with Crippen LogP contribution in [0.3, 0.4) is 0 Å². The highest BCUT2D eigenvalue weighted by molar-refractivity contribution is 5.91. The van der Waals surface area contributed by atoms with Crippen LogP contribution >= 0.6 is 0 Å². The molecule has 1 fully saturated rings. The fourth-order valence-corrected chi connectivity index (χ4v) is 2.28. The monoisotopic (exact) mass is 252 g/mol. The van der Waals surface area contributed by atoms with Crippen molar-refractivity contribution in [2.45, 2.75) is 25.7 Å². The summed E-state index contributed by atoms with van der Waals surface area (Å²) in [5.74, 6) is -0.649. The lowest BCUT2D eigenvalue weighted by Gasteiger charge is -2.32. The molecule has 1 amide bonds. The molecule has 1 aromatic rings. The van der Waals surface area contributed by atoms with Crippen molar-refractivity contribution in [3.8, 4) is 0 Å². The molecule has 18 heavy (non-hydrogen) atoms. The number of carboxylic acids is 1. The van der Waals surface area contributed by atoms with Crippen LogP contribution in [0.5, 0.6) is 0 Å². The van der Waals surface area contributed by atoms with Crippen LogP contribution in [0.25, 0.3) is 0 Å². The minimum atomic E-state index is -0.782. The lowest BCUT2D eigenvalue weighted by molar-refractivity contribution is -0.137. The fourth-order valence-electron chi connectivity index (χ4n) is 2.28. The second kappa shape index (κ2) is 5.61. The number of rotatable bonds is 4. The molecule has 0 saturated carbocycles. The maximum absolute atomic E-state index is 12.0. The molecule has 0 bridgehead atoms. The number of carboxylic acid groups (broad SMARTS) is 1. The van der Waals surface area contributed by atoms with Crippen LogP contribution in [0.2, 0.25) is 0 Å². The van der Waals surface area contributed by atoms with Crippen molar-refractivity contribution < 1.29 is 14.7 Å². The van der Waals surface area contributed by atoms with Gasteiger partial charge >= 0.3 is 5.97 Å². The Balaban J connectivity index is 1.90. The third-order valence-corrected chi connectivity index (χ3v) is 3.21. The molecule has 2 heterocycles. The number of carbonyl (C=O) groups is 2. The van der Waals surface area contributed by atoms with Gasteiger partial charge in [0, 0.05) is 19.5 Å². The van der Waals surface area contributed by atoms with E-state index in [1.54, 1.807) is 4.90 Å². The number of nitrogens with one attached hydrogen (secondary N) is 1. The Hall–Kier alpha value is -1.92. The molecule has 0 aromatic carbocycles. The molecule has 2 rings (SSSR count). The number of aliphatic carboxylic acids is 1. The van der Waals surface area contributed by atoms with Gasteiger partial charge in [0.25, 0.3) is 5.91 Å². The number of amides is 1. The van der Waals surface area contributed by atoms with Crippen molar-refractivity contribution in [1.29, 1.82) is 0 Å². The smallest absolute Gasteiger partial charge is 0.303 e.